The van der Waals surface area contributed by atoms with Crippen LogP contribution in [0.25, 0.3) is 0 Å². The number of hydrogen-bond donors (Lipinski definition) is 0. The summed E-state index contributed by atoms with van der Waals surface area (Å²) in [6, 6.07) is 6.59. The summed E-state index contributed by atoms with van der Waals surface area (Å²) in [4.78, 5) is 2.38. The van der Waals surface area contributed by atoms with E-state index >= 15 is 0 Å². The Bertz CT molecular complexity index is 358. The minimum absolute atomic E-state index is 0.624. The van der Waals surface area contributed by atoms with Crippen molar-refractivity contribution in [1.29, 1.82) is 0 Å². The Hall–Kier alpha value is -1.18. The van der Waals surface area contributed by atoms with Crippen LogP contribution in [0.4, 0.5) is 5.69 Å². The summed E-state index contributed by atoms with van der Waals surface area (Å²) >= 11 is 0. The third-order valence-corrected chi connectivity index (χ3v) is 3.46. The summed E-state index contributed by atoms with van der Waals surface area (Å²) in [6.07, 6.45) is 1.13. The molecule has 2 heteroatoms. The number of benzene rings is 1. The zero-order valence-corrected chi connectivity index (χ0v) is 10.5. The van der Waals surface area contributed by atoms with Gasteiger partial charge >= 0.3 is 0 Å². The van der Waals surface area contributed by atoms with Crippen molar-refractivity contribution in [3.8, 4) is 5.75 Å². The fourth-order valence-corrected chi connectivity index (χ4v) is 2.34. The van der Waals surface area contributed by atoms with Crippen molar-refractivity contribution in [3.05, 3.63) is 23.8 Å². The Morgan fingerprint density at radius 1 is 1.31 bits per heavy atom. The maximum Gasteiger partial charge on any atom is 0.122 e. The maximum absolute atomic E-state index is 5.68. The van der Waals surface area contributed by atoms with Crippen LogP contribution >= 0.6 is 0 Å². The van der Waals surface area contributed by atoms with E-state index in [1.165, 1.54) is 11.3 Å². The SMILES string of the molecule is CCN(CC)c1ccc2c(c1)C(C)CCO2. The monoisotopic (exact) mass is 219 g/mol. The number of ether oxygens (including phenoxy) is 1. The topological polar surface area (TPSA) is 12.5 Å². The summed E-state index contributed by atoms with van der Waals surface area (Å²) in [5.41, 5.74) is 2.69. The standard InChI is InChI=1S/C14H21NO/c1-4-15(5-2)12-6-7-14-13(10-12)11(3)8-9-16-14/h6-7,10-11H,4-5,8-9H2,1-3H3. The minimum atomic E-state index is 0.624. The van der Waals surface area contributed by atoms with Crippen molar-refractivity contribution < 1.29 is 4.74 Å². The van der Waals surface area contributed by atoms with Gasteiger partial charge in [-0.15, -0.1) is 0 Å². The van der Waals surface area contributed by atoms with Gasteiger partial charge in [0, 0.05) is 18.8 Å². The molecule has 0 aliphatic carbocycles. The molecule has 0 amide bonds. The van der Waals surface area contributed by atoms with Gasteiger partial charge in [-0.2, -0.15) is 0 Å². The molecular formula is C14H21NO. The lowest BCUT2D eigenvalue weighted by molar-refractivity contribution is 0.272. The molecular weight excluding hydrogens is 198 g/mol. The third-order valence-electron chi connectivity index (χ3n) is 3.46. The number of hydrogen-bond acceptors (Lipinski definition) is 2. The Morgan fingerprint density at radius 3 is 2.75 bits per heavy atom. The summed E-state index contributed by atoms with van der Waals surface area (Å²) in [5, 5.41) is 0. The predicted molar refractivity (Wildman–Crippen MR) is 68.5 cm³/mol. The molecule has 0 bridgehead atoms. The second-order valence-electron chi connectivity index (χ2n) is 4.43. The van der Waals surface area contributed by atoms with Crippen LogP contribution in [0.3, 0.4) is 0 Å². The second kappa shape index (κ2) is 4.77. The molecule has 1 unspecified atom stereocenters. The van der Waals surface area contributed by atoms with Crippen LogP contribution in [0.5, 0.6) is 5.75 Å². The van der Waals surface area contributed by atoms with Gasteiger partial charge in [-0.05, 0) is 49.9 Å². The summed E-state index contributed by atoms with van der Waals surface area (Å²) in [5.74, 6) is 1.70. The van der Waals surface area contributed by atoms with E-state index < -0.39 is 0 Å². The quantitative estimate of drug-likeness (QED) is 0.772. The number of fused-ring (bicyclic) bond motifs is 1. The molecule has 0 aromatic heterocycles. The molecule has 1 aromatic rings. The molecule has 1 aliphatic heterocycles. The molecule has 1 heterocycles. The summed E-state index contributed by atoms with van der Waals surface area (Å²) < 4.78 is 5.68. The molecule has 2 nitrogen and oxygen atoms in total. The number of anilines is 1. The molecule has 0 radical (unpaired) electrons. The Balaban J connectivity index is 2.33. The minimum Gasteiger partial charge on any atom is -0.493 e. The van der Waals surface area contributed by atoms with Crippen molar-refractivity contribution >= 4 is 5.69 Å². The number of nitrogens with zero attached hydrogens (tertiary/aromatic N) is 1. The van der Waals surface area contributed by atoms with Crippen LogP contribution in [-0.2, 0) is 0 Å². The van der Waals surface area contributed by atoms with Crippen molar-refractivity contribution in [1.82, 2.24) is 0 Å². The largest absolute Gasteiger partial charge is 0.493 e. The van der Waals surface area contributed by atoms with Gasteiger partial charge in [-0.1, -0.05) is 6.92 Å². The predicted octanol–water partition coefficient (Wildman–Crippen LogP) is 3.42. The van der Waals surface area contributed by atoms with Gasteiger partial charge in [0.15, 0.2) is 0 Å². The molecule has 1 atom stereocenters. The van der Waals surface area contributed by atoms with Crippen molar-refractivity contribution in [2.75, 3.05) is 24.6 Å². The van der Waals surface area contributed by atoms with E-state index in [1.807, 2.05) is 0 Å². The van der Waals surface area contributed by atoms with Crippen molar-refractivity contribution in [3.63, 3.8) is 0 Å². The third kappa shape index (κ3) is 2.01. The first-order valence-electron chi connectivity index (χ1n) is 6.28. The fraction of sp³-hybridized carbons (Fsp3) is 0.571. The van der Waals surface area contributed by atoms with Gasteiger partial charge in [0.2, 0.25) is 0 Å². The van der Waals surface area contributed by atoms with E-state index in [0.717, 1.165) is 31.9 Å². The first kappa shape index (κ1) is 11.3. The van der Waals surface area contributed by atoms with Crippen molar-refractivity contribution in [2.45, 2.75) is 33.1 Å². The maximum atomic E-state index is 5.68. The highest BCUT2D eigenvalue weighted by Crippen LogP contribution is 2.35. The summed E-state index contributed by atoms with van der Waals surface area (Å²) in [6.45, 7) is 9.66. The Morgan fingerprint density at radius 2 is 2.06 bits per heavy atom. The normalized spacial score (nSPS) is 18.8. The van der Waals surface area contributed by atoms with Gasteiger partial charge in [-0.25, -0.2) is 0 Å². The zero-order chi connectivity index (χ0) is 11.5. The number of rotatable bonds is 3. The highest BCUT2D eigenvalue weighted by atomic mass is 16.5. The fourth-order valence-electron chi connectivity index (χ4n) is 2.34. The second-order valence-corrected chi connectivity index (χ2v) is 4.43. The van der Waals surface area contributed by atoms with Crippen LogP contribution in [0.15, 0.2) is 18.2 Å². The lowest BCUT2D eigenvalue weighted by Gasteiger charge is -2.27. The lowest BCUT2D eigenvalue weighted by Crippen LogP contribution is -2.22. The first-order valence-corrected chi connectivity index (χ1v) is 6.28. The van der Waals surface area contributed by atoms with Crippen LogP contribution < -0.4 is 9.64 Å². The van der Waals surface area contributed by atoms with Crippen LogP contribution in [0.1, 0.15) is 38.7 Å². The smallest absolute Gasteiger partial charge is 0.122 e. The van der Waals surface area contributed by atoms with E-state index in [2.05, 4.69) is 43.9 Å². The van der Waals surface area contributed by atoms with Crippen LogP contribution in [0.2, 0.25) is 0 Å². The van der Waals surface area contributed by atoms with E-state index in [9.17, 15) is 0 Å². The molecule has 0 saturated heterocycles. The molecule has 1 aromatic carbocycles. The van der Waals surface area contributed by atoms with Crippen LogP contribution in [0, 0.1) is 0 Å². The average Bonchev–Trinajstić information content (AvgIpc) is 2.32. The molecule has 0 spiro atoms. The van der Waals surface area contributed by atoms with Gasteiger partial charge < -0.3 is 9.64 Å². The van der Waals surface area contributed by atoms with Gasteiger partial charge in [0.1, 0.15) is 5.75 Å². The molecule has 0 N–H and O–H groups in total. The highest BCUT2D eigenvalue weighted by Gasteiger charge is 2.18. The first-order chi connectivity index (χ1) is 7.76. The molecule has 1 aliphatic rings. The van der Waals surface area contributed by atoms with E-state index in [-0.39, 0.29) is 0 Å². The van der Waals surface area contributed by atoms with E-state index in [0.29, 0.717) is 5.92 Å². The molecule has 2 rings (SSSR count). The lowest BCUT2D eigenvalue weighted by atomic mass is 9.94. The summed E-state index contributed by atoms with van der Waals surface area (Å²) in [7, 11) is 0. The average molecular weight is 219 g/mol. The van der Waals surface area contributed by atoms with Crippen LogP contribution in [-0.4, -0.2) is 19.7 Å². The molecule has 0 saturated carbocycles. The zero-order valence-electron chi connectivity index (χ0n) is 10.5. The highest BCUT2D eigenvalue weighted by molar-refractivity contribution is 5.54. The van der Waals surface area contributed by atoms with Gasteiger partial charge in [0.05, 0.1) is 6.61 Å². The Labute approximate surface area is 98.2 Å². The van der Waals surface area contributed by atoms with Crippen molar-refractivity contribution in [2.24, 2.45) is 0 Å². The Kier molecular flexibility index (Phi) is 3.37. The van der Waals surface area contributed by atoms with E-state index in [4.69, 9.17) is 4.74 Å². The molecule has 0 fully saturated rings. The molecule has 16 heavy (non-hydrogen) atoms. The van der Waals surface area contributed by atoms with Gasteiger partial charge in [0.25, 0.3) is 0 Å². The van der Waals surface area contributed by atoms with Gasteiger partial charge in [-0.3, -0.25) is 0 Å². The van der Waals surface area contributed by atoms with E-state index in [1.54, 1.807) is 0 Å². The molecule has 88 valence electrons.